The number of hydrogen-bond donors (Lipinski definition) is 1. The van der Waals surface area contributed by atoms with Crippen LogP contribution in [-0.4, -0.2) is 6.54 Å². The minimum Gasteiger partial charge on any atom is -0.387 e. The molecule has 0 saturated heterocycles. The molecule has 0 radical (unpaired) electrons. The van der Waals surface area contributed by atoms with E-state index in [4.69, 9.17) is 0 Å². The summed E-state index contributed by atoms with van der Waals surface area (Å²) < 4.78 is 25.9. The summed E-state index contributed by atoms with van der Waals surface area (Å²) in [6, 6.07) is 0. The molecule has 0 heterocycles. The van der Waals surface area contributed by atoms with Crippen molar-refractivity contribution in [2.45, 2.75) is 6.92 Å². The van der Waals surface area contributed by atoms with Crippen LogP contribution in [0.3, 0.4) is 0 Å². The normalized spacial score (nSPS) is 11.6. The van der Waals surface area contributed by atoms with Gasteiger partial charge in [0.05, 0.1) is 0 Å². The molecule has 0 rings (SSSR count). The molecule has 1 N–H and O–H groups in total. The Hall–Kier alpha value is -1.38. The van der Waals surface area contributed by atoms with Crippen molar-refractivity contribution in [1.29, 1.82) is 0 Å². The van der Waals surface area contributed by atoms with E-state index in [2.05, 4.69) is 25.1 Å². The van der Waals surface area contributed by atoms with Gasteiger partial charge >= 0.3 is 0 Å². The van der Waals surface area contributed by atoms with Crippen LogP contribution in [0, 0.1) is 0 Å². The van der Waals surface area contributed by atoms with Crippen LogP contribution in [0.25, 0.3) is 0 Å². The van der Waals surface area contributed by atoms with Crippen molar-refractivity contribution in [1.82, 2.24) is 5.32 Å². The molecule has 0 bridgehead atoms. The van der Waals surface area contributed by atoms with Gasteiger partial charge in [0, 0.05) is 12.1 Å². The Labute approximate surface area is 77.1 Å². The van der Waals surface area contributed by atoms with Gasteiger partial charge < -0.3 is 5.32 Å². The molecule has 0 aromatic rings. The lowest BCUT2D eigenvalue weighted by atomic mass is 10.1. The van der Waals surface area contributed by atoms with E-state index in [-0.39, 0.29) is 17.7 Å². The molecule has 0 spiro atoms. The highest BCUT2D eigenvalue weighted by atomic mass is 19.1. The molecular formula is C10H13F2N. The predicted molar refractivity (Wildman–Crippen MR) is 51.4 cm³/mol. The van der Waals surface area contributed by atoms with Crippen LogP contribution in [0.15, 0.2) is 48.7 Å². The zero-order chi connectivity index (χ0) is 10.4. The molecule has 0 aliphatic heterocycles. The van der Waals surface area contributed by atoms with Crippen molar-refractivity contribution in [2.24, 2.45) is 0 Å². The van der Waals surface area contributed by atoms with E-state index in [9.17, 15) is 8.78 Å². The fourth-order valence-electron chi connectivity index (χ4n) is 0.724. The molecule has 0 aromatic carbocycles. The molecule has 0 saturated carbocycles. The van der Waals surface area contributed by atoms with Gasteiger partial charge in [-0.1, -0.05) is 19.7 Å². The lowest BCUT2D eigenvalue weighted by Crippen LogP contribution is -2.11. The summed E-state index contributed by atoms with van der Waals surface area (Å²) in [5.41, 5.74) is 0.0621. The third kappa shape index (κ3) is 3.69. The van der Waals surface area contributed by atoms with Crippen LogP contribution in [0.2, 0.25) is 0 Å². The minimum atomic E-state index is -0.796. The molecular weight excluding hydrogens is 172 g/mol. The number of nitrogens with one attached hydrogen (secondary N) is 1. The SMILES string of the molecule is C=CNC/C(C(=C)F)=C(\F)C(=C)C. The van der Waals surface area contributed by atoms with Crippen LogP contribution in [0.4, 0.5) is 8.78 Å². The highest BCUT2D eigenvalue weighted by molar-refractivity contribution is 5.36. The van der Waals surface area contributed by atoms with Crippen molar-refractivity contribution in [2.75, 3.05) is 6.54 Å². The van der Waals surface area contributed by atoms with Crippen LogP contribution < -0.4 is 5.32 Å². The van der Waals surface area contributed by atoms with Gasteiger partial charge in [-0.3, -0.25) is 0 Å². The van der Waals surface area contributed by atoms with Gasteiger partial charge in [0.25, 0.3) is 0 Å². The summed E-state index contributed by atoms with van der Waals surface area (Å²) in [7, 11) is 0. The summed E-state index contributed by atoms with van der Waals surface area (Å²) in [6.45, 7) is 11.3. The Kier molecular flexibility index (Phi) is 4.74. The lowest BCUT2D eigenvalue weighted by Gasteiger charge is -2.06. The number of hydrogen-bond acceptors (Lipinski definition) is 1. The van der Waals surface area contributed by atoms with Crippen LogP contribution in [0.5, 0.6) is 0 Å². The largest absolute Gasteiger partial charge is 0.387 e. The van der Waals surface area contributed by atoms with Gasteiger partial charge in [-0.15, -0.1) is 0 Å². The first kappa shape index (κ1) is 11.6. The van der Waals surface area contributed by atoms with E-state index >= 15 is 0 Å². The molecule has 0 aliphatic carbocycles. The summed E-state index contributed by atoms with van der Waals surface area (Å²) in [5, 5.41) is 2.59. The lowest BCUT2D eigenvalue weighted by molar-refractivity contribution is 0.593. The third-order valence-corrected chi connectivity index (χ3v) is 1.39. The van der Waals surface area contributed by atoms with Gasteiger partial charge in [0.15, 0.2) is 0 Å². The smallest absolute Gasteiger partial charge is 0.133 e. The molecule has 13 heavy (non-hydrogen) atoms. The second-order valence-electron chi connectivity index (χ2n) is 2.56. The summed E-state index contributed by atoms with van der Waals surface area (Å²) >= 11 is 0. The maximum atomic E-state index is 13.2. The van der Waals surface area contributed by atoms with Gasteiger partial charge in [-0.2, -0.15) is 0 Å². The fourth-order valence-corrected chi connectivity index (χ4v) is 0.724. The van der Waals surface area contributed by atoms with E-state index in [1.165, 1.54) is 13.1 Å². The zero-order valence-corrected chi connectivity index (χ0v) is 7.66. The maximum Gasteiger partial charge on any atom is 0.133 e. The molecule has 1 nitrogen and oxygen atoms in total. The Morgan fingerprint density at radius 2 is 1.92 bits per heavy atom. The van der Waals surface area contributed by atoms with Crippen molar-refractivity contribution in [3.8, 4) is 0 Å². The second kappa shape index (κ2) is 5.30. The average molecular weight is 185 g/mol. The van der Waals surface area contributed by atoms with Crippen molar-refractivity contribution in [3.63, 3.8) is 0 Å². The van der Waals surface area contributed by atoms with E-state index in [0.717, 1.165) is 0 Å². The average Bonchev–Trinajstić information content (AvgIpc) is 2.04. The zero-order valence-electron chi connectivity index (χ0n) is 7.66. The van der Waals surface area contributed by atoms with Gasteiger partial charge in [-0.25, -0.2) is 8.78 Å². The fraction of sp³-hybridized carbons (Fsp3) is 0.200. The van der Waals surface area contributed by atoms with E-state index in [0.29, 0.717) is 0 Å². The molecule has 0 unspecified atom stereocenters. The first-order chi connectivity index (χ1) is 6.00. The summed E-state index contributed by atoms with van der Waals surface area (Å²) in [4.78, 5) is 0. The topological polar surface area (TPSA) is 12.0 Å². The highest BCUT2D eigenvalue weighted by Crippen LogP contribution is 2.20. The quantitative estimate of drug-likeness (QED) is 0.649. The molecule has 3 heteroatoms. The van der Waals surface area contributed by atoms with Gasteiger partial charge in [0.2, 0.25) is 0 Å². The van der Waals surface area contributed by atoms with Crippen molar-refractivity contribution in [3.05, 3.63) is 48.7 Å². The van der Waals surface area contributed by atoms with Crippen LogP contribution in [-0.2, 0) is 0 Å². The Morgan fingerprint density at radius 3 is 2.23 bits per heavy atom. The Bertz CT molecular complexity index is 264. The first-order valence-corrected chi connectivity index (χ1v) is 3.74. The van der Waals surface area contributed by atoms with Crippen LogP contribution >= 0.6 is 0 Å². The maximum absolute atomic E-state index is 13.2. The molecule has 0 aliphatic rings. The summed E-state index contributed by atoms with van der Waals surface area (Å²) in [5.74, 6) is -1.46. The number of allylic oxidation sites excluding steroid dienone is 2. The molecule has 72 valence electrons. The molecule has 0 atom stereocenters. The Morgan fingerprint density at radius 1 is 1.38 bits per heavy atom. The van der Waals surface area contributed by atoms with Crippen molar-refractivity contribution >= 4 is 0 Å². The predicted octanol–water partition coefficient (Wildman–Crippen LogP) is 3.00. The minimum absolute atomic E-state index is 0.0253. The monoisotopic (exact) mass is 185 g/mol. The van der Waals surface area contributed by atoms with E-state index in [1.807, 2.05) is 0 Å². The standard InChI is InChI=1S/C10H13F2N/c1-5-13-6-9(8(4)11)10(12)7(2)3/h5,13H,1-2,4,6H2,3H3/b10-9+. The van der Waals surface area contributed by atoms with Crippen LogP contribution in [0.1, 0.15) is 6.92 Å². The Balaban J connectivity index is 4.77. The number of rotatable bonds is 5. The molecule has 0 amide bonds. The molecule has 0 fully saturated rings. The molecule has 0 aromatic heterocycles. The summed E-state index contributed by atoms with van der Waals surface area (Å²) in [6.07, 6.45) is 1.36. The van der Waals surface area contributed by atoms with Gasteiger partial charge in [-0.05, 0) is 18.7 Å². The second-order valence-corrected chi connectivity index (χ2v) is 2.56. The van der Waals surface area contributed by atoms with E-state index < -0.39 is 11.7 Å². The highest BCUT2D eigenvalue weighted by Gasteiger charge is 2.09. The van der Waals surface area contributed by atoms with Crippen molar-refractivity contribution < 1.29 is 8.78 Å². The van der Waals surface area contributed by atoms with Gasteiger partial charge in [0.1, 0.15) is 11.7 Å². The number of halogens is 2. The first-order valence-electron chi connectivity index (χ1n) is 3.74. The third-order valence-electron chi connectivity index (χ3n) is 1.39. The van der Waals surface area contributed by atoms with E-state index in [1.54, 1.807) is 0 Å².